The van der Waals surface area contributed by atoms with Crippen molar-refractivity contribution in [1.29, 1.82) is 0 Å². The van der Waals surface area contributed by atoms with E-state index < -0.39 is 0 Å². The van der Waals surface area contributed by atoms with Crippen molar-refractivity contribution >= 4 is 15.9 Å². The SMILES string of the molecule is Cc1cc(CN)cc(Oc2cc(C)c(Br)c(C)c2)n1. The van der Waals surface area contributed by atoms with Crippen molar-refractivity contribution in [2.24, 2.45) is 5.73 Å². The van der Waals surface area contributed by atoms with Crippen LogP contribution in [0.4, 0.5) is 0 Å². The van der Waals surface area contributed by atoms with Gasteiger partial charge in [0, 0.05) is 22.8 Å². The van der Waals surface area contributed by atoms with Crippen molar-refractivity contribution in [3.63, 3.8) is 0 Å². The van der Waals surface area contributed by atoms with Crippen LogP contribution in [0.2, 0.25) is 0 Å². The topological polar surface area (TPSA) is 48.1 Å². The summed E-state index contributed by atoms with van der Waals surface area (Å²) in [6.45, 7) is 6.50. The molecule has 0 saturated carbocycles. The maximum absolute atomic E-state index is 5.83. The molecule has 1 aromatic carbocycles. The van der Waals surface area contributed by atoms with Crippen LogP contribution in [0.5, 0.6) is 11.6 Å². The molecule has 0 unspecified atom stereocenters. The molecule has 3 nitrogen and oxygen atoms in total. The van der Waals surface area contributed by atoms with Gasteiger partial charge in [0.05, 0.1) is 0 Å². The zero-order valence-electron chi connectivity index (χ0n) is 11.3. The highest BCUT2D eigenvalue weighted by atomic mass is 79.9. The van der Waals surface area contributed by atoms with E-state index in [2.05, 4.69) is 20.9 Å². The Morgan fingerprint density at radius 2 is 1.74 bits per heavy atom. The minimum Gasteiger partial charge on any atom is -0.439 e. The normalized spacial score (nSPS) is 10.6. The van der Waals surface area contributed by atoms with Gasteiger partial charge in [0.2, 0.25) is 5.88 Å². The molecular weight excluding hydrogens is 304 g/mol. The molecule has 4 heteroatoms. The van der Waals surface area contributed by atoms with Crippen LogP contribution in [-0.4, -0.2) is 4.98 Å². The van der Waals surface area contributed by atoms with Crippen LogP contribution in [0, 0.1) is 20.8 Å². The standard InChI is InChI=1S/C15H17BrN2O/c1-9-4-13(5-10(2)15(9)16)19-14-7-12(8-17)6-11(3)18-14/h4-7H,8,17H2,1-3H3. The Bertz CT molecular complexity index is 588. The van der Waals surface area contributed by atoms with Crippen LogP contribution >= 0.6 is 15.9 Å². The van der Waals surface area contributed by atoms with Crippen LogP contribution in [0.15, 0.2) is 28.7 Å². The van der Waals surface area contributed by atoms with Crippen molar-refractivity contribution in [3.8, 4) is 11.6 Å². The third kappa shape index (κ3) is 3.33. The fourth-order valence-corrected chi connectivity index (χ4v) is 2.19. The quantitative estimate of drug-likeness (QED) is 0.929. The van der Waals surface area contributed by atoms with Crippen LogP contribution < -0.4 is 10.5 Å². The molecule has 0 amide bonds. The molecule has 0 atom stereocenters. The first-order valence-electron chi connectivity index (χ1n) is 6.12. The number of pyridine rings is 1. The molecule has 0 radical (unpaired) electrons. The highest BCUT2D eigenvalue weighted by Crippen LogP contribution is 2.29. The lowest BCUT2D eigenvalue weighted by Crippen LogP contribution is -1.99. The van der Waals surface area contributed by atoms with Crippen molar-refractivity contribution in [2.75, 3.05) is 0 Å². The smallest absolute Gasteiger partial charge is 0.219 e. The van der Waals surface area contributed by atoms with Gasteiger partial charge >= 0.3 is 0 Å². The molecule has 0 spiro atoms. The lowest BCUT2D eigenvalue weighted by molar-refractivity contribution is 0.460. The third-order valence-electron chi connectivity index (χ3n) is 2.86. The van der Waals surface area contributed by atoms with Crippen molar-refractivity contribution in [1.82, 2.24) is 4.98 Å². The van der Waals surface area contributed by atoms with E-state index in [1.54, 1.807) is 0 Å². The summed E-state index contributed by atoms with van der Waals surface area (Å²) in [7, 11) is 0. The maximum atomic E-state index is 5.83. The molecule has 100 valence electrons. The van der Waals surface area contributed by atoms with Crippen LogP contribution in [0.1, 0.15) is 22.4 Å². The maximum Gasteiger partial charge on any atom is 0.219 e. The highest BCUT2D eigenvalue weighted by molar-refractivity contribution is 9.10. The molecule has 0 aliphatic rings. The van der Waals surface area contributed by atoms with Gasteiger partial charge in [-0.2, -0.15) is 0 Å². The molecule has 0 fully saturated rings. The summed E-state index contributed by atoms with van der Waals surface area (Å²) in [5.74, 6) is 1.38. The van der Waals surface area contributed by atoms with Crippen molar-refractivity contribution < 1.29 is 4.74 Å². The second-order valence-electron chi connectivity index (χ2n) is 4.63. The van der Waals surface area contributed by atoms with E-state index in [4.69, 9.17) is 10.5 Å². The lowest BCUT2D eigenvalue weighted by Gasteiger charge is -2.10. The number of nitrogens with two attached hydrogens (primary N) is 1. The van der Waals surface area contributed by atoms with Gasteiger partial charge in [0.15, 0.2) is 0 Å². The van der Waals surface area contributed by atoms with Crippen LogP contribution in [-0.2, 0) is 6.54 Å². The number of hydrogen-bond acceptors (Lipinski definition) is 3. The van der Waals surface area contributed by atoms with E-state index in [0.29, 0.717) is 12.4 Å². The van der Waals surface area contributed by atoms with E-state index in [1.165, 1.54) is 0 Å². The number of hydrogen-bond donors (Lipinski definition) is 1. The largest absolute Gasteiger partial charge is 0.439 e. The van der Waals surface area contributed by atoms with Gasteiger partial charge < -0.3 is 10.5 Å². The van der Waals surface area contributed by atoms with Gasteiger partial charge in [-0.1, -0.05) is 15.9 Å². The predicted octanol–water partition coefficient (Wildman–Crippen LogP) is 4.02. The molecule has 1 heterocycles. The van der Waals surface area contributed by atoms with Crippen molar-refractivity contribution in [3.05, 3.63) is 51.1 Å². The molecule has 2 rings (SSSR count). The molecule has 0 aliphatic heterocycles. The number of benzene rings is 1. The van der Waals surface area contributed by atoms with E-state index in [1.807, 2.05) is 45.0 Å². The van der Waals surface area contributed by atoms with Gasteiger partial charge in [-0.25, -0.2) is 4.98 Å². The monoisotopic (exact) mass is 320 g/mol. The average molecular weight is 321 g/mol. The first-order valence-corrected chi connectivity index (χ1v) is 6.91. The van der Waals surface area contributed by atoms with Crippen LogP contribution in [0.25, 0.3) is 0 Å². The second kappa shape index (κ2) is 5.72. The van der Waals surface area contributed by atoms with Gasteiger partial charge in [-0.05, 0) is 55.7 Å². The fraction of sp³-hybridized carbons (Fsp3) is 0.267. The highest BCUT2D eigenvalue weighted by Gasteiger charge is 2.06. The minimum atomic E-state index is 0.484. The predicted molar refractivity (Wildman–Crippen MR) is 80.6 cm³/mol. The number of aryl methyl sites for hydroxylation is 3. The number of aromatic nitrogens is 1. The molecule has 19 heavy (non-hydrogen) atoms. The summed E-state index contributed by atoms with van der Waals surface area (Å²) >= 11 is 3.55. The third-order valence-corrected chi connectivity index (χ3v) is 4.11. The molecule has 0 saturated heterocycles. The van der Waals surface area contributed by atoms with Gasteiger partial charge in [0.1, 0.15) is 5.75 Å². The Kier molecular flexibility index (Phi) is 4.22. The average Bonchev–Trinajstić information content (AvgIpc) is 2.35. The van der Waals surface area contributed by atoms with Gasteiger partial charge in [-0.3, -0.25) is 0 Å². The van der Waals surface area contributed by atoms with E-state index in [0.717, 1.165) is 32.6 Å². The van der Waals surface area contributed by atoms with Gasteiger partial charge in [-0.15, -0.1) is 0 Å². The second-order valence-corrected chi connectivity index (χ2v) is 5.43. The van der Waals surface area contributed by atoms with Crippen LogP contribution in [0.3, 0.4) is 0 Å². The zero-order chi connectivity index (χ0) is 14.0. The van der Waals surface area contributed by atoms with Crippen molar-refractivity contribution in [2.45, 2.75) is 27.3 Å². The fourth-order valence-electron chi connectivity index (χ4n) is 1.96. The molecule has 0 aliphatic carbocycles. The first-order chi connectivity index (χ1) is 8.99. The van der Waals surface area contributed by atoms with E-state index >= 15 is 0 Å². The first kappa shape index (κ1) is 14.0. The summed E-state index contributed by atoms with van der Waals surface area (Å²) in [5.41, 5.74) is 9.87. The van der Waals surface area contributed by atoms with Gasteiger partial charge in [0.25, 0.3) is 0 Å². The molecular formula is C15H17BrN2O. The van der Waals surface area contributed by atoms with E-state index in [9.17, 15) is 0 Å². The summed E-state index contributed by atoms with van der Waals surface area (Å²) in [6.07, 6.45) is 0. The Morgan fingerprint density at radius 3 is 2.32 bits per heavy atom. The number of halogens is 1. The molecule has 0 bridgehead atoms. The Morgan fingerprint density at radius 1 is 1.11 bits per heavy atom. The molecule has 2 N–H and O–H groups in total. The molecule has 1 aromatic heterocycles. The number of rotatable bonds is 3. The Balaban J connectivity index is 2.33. The Hall–Kier alpha value is -1.39. The Labute approximate surface area is 121 Å². The number of nitrogens with zero attached hydrogens (tertiary/aromatic N) is 1. The van der Waals surface area contributed by atoms with E-state index in [-0.39, 0.29) is 0 Å². The molecule has 2 aromatic rings. The summed E-state index contributed by atoms with van der Waals surface area (Å²) < 4.78 is 6.94. The lowest BCUT2D eigenvalue weighted by atomic mass is 10.1. The zero-order valence-corrected chi connectivity index (χ0v) is 12.9. The number of ether oxygens (including phenoxy) is 1. The summed E-state index contributed by atoms with van der Waals surface area (Å²) in [4.78, 5) is 4.37. The summed E-state index contributed by atoms with van der Waals surface area (Å²) in [5, 5.41) is 0. The summed E-state index contributed by atoms with van der Waals surface area (Å²) in [6, 6.07) is 7.82. The minimum absolute atomic E-state index is 0.484.